The van der Waals surface area contributed by atoms with Crippen LogP contribution in [0, 0.1) is 0 Å². The van der Waals surface area contributed by atoms with Crippen molar-refractivity contribution < 1.29 is 9.53 Å². The van der Waals surface area contributed by atoms with Crippen molar-refractivity contribution in [3.8, 4) is 0 Å². The SMILES string of the molecule is C=CC1=C(C=C)C2(C(=O)OC)NC(C1)C(/C=C\C)=C2C=C. The van der Waals surface area contributed by atoms with Gasteiger partial charge in [-0.2, -0.15) is 0 Å². The van der Waals surface area contributed by atoms with E-state index in [4.69, 9.17) is 4.74 Å². The topological polar surface area (TPSA) is 38.3 Å². The van der Waals surface area contributed by atoms with E-state index in [0.717, 1.165) is 28.7 Å². The fourth-order valence-electron chi connectivity index (χ4n) is 3.34. The third-order valence-electron chi connectivity index (χ3n) is 4.15. The molecule has 0 saturated carbocycles. The lowest BCUT2D eigenvalue weighted by Crippen LogP contribution is -2.56. The Balaban J connectivity index is 2.81. The van der Waals surface area contributed by atoms with Crippen LogP contribution >= 0.6 is 0 Å². The summed E-state index contributed by atoms with van der Waals surface area (Å²) in [5.41, 5.74) is 2.69. The molecule has 3 heteroatoms. The van der Waals surface area contributed by atoms with Crippen molar-refractivity contribution in [2.75, 3.05) is 7.11 Å². The number of hydrogen-bond acceptors (Lipinski definition) is 3. The number of esters is 1. The van der Waals surface area contributed by atoms with Crippen molar-refractivity contribution in [2.45, 2.75) is 24.9 Å². The molecule has 0 aromatic carbocycles. The molecule has 2 aliphatic heterocycles. The Kier molecular flexibility index (Phi) is 4.14. The lowest BCUT2D eigenvalue weighted by molar-refractivity contribution is -0.145. The molecule has 2 aliphatic rings. The molecule has 2 atom stereocenters. The average molecular weight is 283 g/mol. The van der Waals surface area contributed by atoms with E-state index in [0.29, 0.717) is 0 Å². The smallest absolute Gasteiger partial charge is 0.335 e. The third kappa shape index (κ3) is 1.96. The highest BCUT2D eigenvalue weighted by Gasteiger charge is 2.55. The summed E-state index contributed by atoms with van der Waals surface area (Å²) in [7, 11) is 1.39. The first-order valence-corrected chi connectivity index (χ1v) is 6.95. The first-order chi connectivity index (χ1) is 10.1. The van der Waals surface area contributed by atoms with Gasteiger partial charge in [-0.25, -0.2) is 4.79 Å². The molecular weight excluding hydrogens is 262 g/mol. The molecule has 2 unspecified atom stereocenters. The summed E-state index contributed by atoms with van der Waals surface area (Å²) in [6.07, 6.45) is 9.98. The number of hydrogen-bond donors (Lipinski definition) is 1. The summed E-state index contributed by atoms with van der Waals surface area (Å²) >= 11 is 0. The number of fused-ring (bicyclic) bond motifs is 2. The molecule has 0 aliphatic carbocycles. The Morgan fingerprint density at radius 2 is 1.95 bits per heavy atom. The number of carbonyl (C=O) groups excluding carboxylic acids is 1. The molecular formula is C18H21NO2. The number of nitrogens with one attached hydrogen (secondary N) is 1. The summed E-state index contributed by atoms with van der Waals surface area (Å²) in [5.74, 6) is -0.351. The third-order valence-corrected chi connectivity index (χ3v) is 4.15. The molecule has 0 saturated heterocycles. The molecule has 110 valence electrons. The molecule has 0 amide bonds. The average Bonchev–Trinajstić information content (AvgIpc) is 2.76. The molecule has 0 fully saturated rings. The van der Waals surface area contributed by atoms with Gasteiger partial charge in [0.05, 0.1) is 7.11 Å². The maximum atomic E-state index is 12.6. The van der Waals surface area contributed by atoms with Crippen LogP contribution in [0.5, 0.6) is 0 Å². The van der Waals surface area contributed by atoms with E-state index in [2.05, 4.69) is 25.1 Å². The molecule has 21 heavy (non-hydrogen) atoms. The number of allylic oxidation sites excluding steroid dienone is 2. The standard InChI is InChI=1S/C18H21NO2/c1-6-10-13-15(9-4)18(17(20)21-5)14(8-3)12(7-2)11-16(13)19-18/h6-10,16,19H,2-4,11H2,1,5H3/b10-6-. The van der Waals surface area contributed by atoms with Gasteiger partial charge in [0.2, 0.25) is 0 Å². The minimum Gasteiger partial charge on any atom is -0.467 e. The highest BCUT2D eigenvalue weighted by molar-refractivity contribution is 5.94. The zero-order valence-corrected chi connectivity index (χ0v) is 12.6. The van der Waals surface area contributed by atoms with Crippen molar-refractivity contribution in [3.05, 3.63) is 72.4 Å². The zero-order valence-electron chi connectivity index (χ0n) is 12.6. The van der Waals surface area contributed by atoms with E-state index in [9.17, 15) is 4.79 Å². The molecule has 0 radical (unpaired) electrons. The van der Waals surface area contributed by atoms with E-state index >= 15 is 0 Å². The first kappa shape index (κ1) is 15.3. The molecule has 2 heterocycles. The quantitative estimate of drug-likeness (QED) is 0.788. The van der Waals surface area contributed by atoms with E-state index in [1.165, 1.54) is 7.11 Å². The van der Waals surface area contributed by atoms with Crippen molar-refractivity contribution >= 4 is 5.97 Å². The summed E-state index contributed by atoms with van der Waals surface area (Å²) in [6.45, 7) is 13.6. The van der Waals surface area contributed by atoms with Crippen LogP contribution in [0.1, 0.15) is 13.3 Å². The predicted molar refractivity (Wildman–Crippen MR) is 85.7 cm³/mol. The van der Waals surface area contributed by atoms with Crippen LogP contribution in [0.15, 0.2) is 72.4 Å². The molecule has 3 nitrogen and oxygen atoms in total. The Bertz CT molecular complexity index is 607. The Labute approximate surface area is 126 Å². The van der Waals surface area contributed by atoms with Crippen LogP contribution in [-0.4, -0.2) is 24.7 Å². The van der Waals surface area contributed by atoms with Gasteiger partial charge in [0.1, 0.15) is 0 Å². The van der Waals surface area contributed by atoms with Gasteiger partial charge in [-0.15, -0.1) is 0 Å². The highest BCUT2D eigenvalue weighted by Crippen LogP contribution is 2.46. The van der Waals surface area contributed by atoms with Gasteiger partial charge in [-0.05, 0) is 35.6 Å². The van der Waals surface area contributed by atoms with Crippen LogP contribution in [0.25, 0.3) is 0 Å². The number of ether oxygens (including phenoxy) is 1. The molecule has 0 aromatic heterocycles. The van der Waals surface area contributed by atoms with E-state index < -0.39 is 5.54 Å². The summed E-state index contributed by atoms with van der Waals surface area (Å²) in [4.78, 5) is 12.6. The van der Waals surface area contributed by atoms with Gasteiger partial charge in [-0.1, -0.05) is 50.1 Å². The first-order valence-electron chi connectivity index (χ1n) is 6.95. The predicted octanol–water partition coefficient (Wildman–Crippen LogP) is 3.00. The second kappa shape index (κ2) is 5.70. The fourth-order valence-corrected chi connectivity index (χ4v) is 3.34. The maximum Gasteiger partial charge on any atom is 0.335 e. The Morgan fingerprint density at radius 3 is 2.43 bits per heavy atom. The van der Waals surface area contributed by atoms with Crippen LogP contribution in [0.2, 0.25) is 0 Å². The minimum atomic E-state index is -1.03. The van der Waals surface area contributed by atoms with Gasteiger partial charge in [0.25, 0.3) is 0 Å². The van der Waals surface area contributed by atoms with Gasteiger partial charge in [0.15, 0.2) is 5.54 Å². The van der Waals surface area contributed by atoms with Gasteiger partial charge < -0.3 is 4.74 Å². The largest absolute Gasteiger partial charge is 0.467 e. The summed E-state index contributed by atoms with van der Waals surface area (Å²) in [5, 5.41) is 3.41. The van der Waals surface area contributed by atoms with Gasteiger partial charge in [-0.3, -0.25) is 5.32 Å². The summed E-state index contributed by atoms with van der Waals surface area (Å²) < 4.78 is 5.07. The number of carbonyl (C=O) groups is 1. The molecule has 2 bridgehead atoms. The van der Waals surface area contributed by atoms with E-state index in [1.54, 1.807) is 18.2 Å². The lowest BCUT2D eigenvalue weighted by atomic mass is 9.79. The normalized spacial score (nSPS) is 28.0. The molecule has 1 N–H and O–H groups in total. The lowest BCUT2D eigenvalue weighted by Gasteiger charge is -2.36. The van der Waals surface area contributed by atoms with Crippen LogP contribution < -0.4 is 5.32 Å². The minimum absolute atomic E-state index is 0.0463. The van der Waals surface area contributed by atoms with Gasteiger partial charge >= 0.3 is 5.97 Å². The molecule has 0 spiro atoms. The van der Waals surface area contributed by atoms with Crippen LogP contribution in [0.3, 0.4) is 0 Å². The monoisotopic (exact) mass is 283 g/mol. The Hall–Kier alpha value is -2.13. The highest BCUT2D eigenvalue weighted by atomic mass is 16.5. The summed E-state index contributed by atoms with van der Waals surface area (Å²) in [6, 6.07) is 0.0463. The fraction of sp³-hybridized carbons (Fsp3) is 0.278. The van der Waals surface area contributed by atoms with Crippen molar-refractivity contribution in [3.63, 3.8) is 0 Å². The maximum absolute atomic E-state index is 12.6. The molecule has 2 rings (SSSR count). The number of rotatable bonds is 5. The van der Waals surface area contributed by atoms with Crippen molar-refractivity contribution in [1.29, 1.82) is 0 Å². The van der Waals surface area contributed by atoms with Crippen molar-refractivity contribution in [1.82, 2.24) is 5.32 Å². The van der Waals surface area contributed by atoms with E-state index in [1.807, 2.05) is 19.1 Å². The van der Waals surface area contributed by atoms with E-state index in [-0.39, 0.29) is 12.0 Å². The number of methoxy groups -OCH3 is 1. The van der Waals surface area contributed by atoms with Crippen molar-refractivity contribution in [2.24, 2.45) is 0 Å². The van der Waals surface area contributed by atoms with Crippen LogP contribution in [0.4, 0.5) is 0 Å². The second-order valence-corrected chi connectivity index (χ2v) is 5.06. The van der Waals surface area contributed by atoms with Gasteiger partial charge in [0, 0.05) is 6.04 Å². The molecule has 0 aromatic rings. The zero-order chi connectivity index (χ0) is 15.6. The Morgan fingerprint density at radius 1 is 1.29 bits per heavy atom. The second-order valence-electron chi connectivity index (χ2n) is 5.06. The van der Waals surface area contributed by atoms with Crippen LogP contribution in [-0.2, 0) is 9.53 Å².